The quantitative estimate of drug-likeness (QED) is 0.208. The van der Waals surface area contributed by atoms with Crippen LogP contribution in [0.3, 0.4) is 0 Å². The molecule has 0 bridgehead atoms. The number of hydrogen-bond acceptors (Lipinski definition) is 6. The highest BCUT2D eigenvalue weighted by molar-refractivity contribution is 7.92. The summed E-state index contributed by atoms with van der Waals surface area (Å²) in [6.07, 6.45) is 2.34. The number of amides is 1. The van der Waals surface area contributed by atoms with Gasteiger partial charge in [-0.15, -0.1) is 0 Å². The predicted molar refractivity (Wildman–Crippen MR) is 132 cm³/mol. The summed E-state index contributed by atoms with van der Waals surface area (Å²) in [6, 6.07) is 19.3. The van der Waals surface area contributed by atoms with Crippen LogP contribution in [0, 0.1) is 0 Å². The van der Waals surface area contributed by atoms with Crippen molar-refractivity contribution in [3.8, 4) is 5.75 Å². The fraction of sp³-hybridized carbons (Fsp3) is 0.0870. The summed E-state index contributed by atoms with van der Waals surface area (Å²) in [6.45, 7) is -0.511. The van der Waals surface area contributed by atoms with Crippen molar-refractivity contribution in [2.45, 2.75) is 0 Å². The summed E-state index contributed by atoms with van der Waals surface area (Å²) in [5.74, 6) is -0.798. The van der Waals surface area contributed by atoms with Crippen molar-refractivity contribution in [2.75, 3.05) is 17.1 Å². The molecule has 0 saturated carbocycles. The number of nitrogens with one attached hydrogen (secondary N) is 1. The van der Waals surface area contributed by atoms with E-state index in [1.54, 1.807) is 54.6 Å². The fourth-order valence-electron chi connectivity index (χ4n) is 2.75. The first-order valence-corrected chi connectivity index (χ1v) is 12.4. The van der Waals surface area contributed by atoms with Gasteiger partial charge in [0.2, 0.25) is 10.0 Å². The standard InChI is InChI=1S/C23H19Cl2N3O5S/c1-34(31,32)28(18-9-12-20(24)21(25)13-18)15-22(29)27-26-14-16-7-10-19(11-8-16)33-23(30)17-5-3-2-4-6-17/h2-14H,15H2,1H3,(H,27,29)/b26-14-. The third-order valence-corrected chi connectivity index (χ3v) is 6.26. The Kier molecular flexibility index (Phi) is 8.27. The van der Waals surface area contributed by atoms with Crippen LogP contribution >= 0.6 is 23.2 Å². The van der Waals surface area contributed by atoms with E-state index in [4.69, 9.17) is 27.9 Å². The number of hydrazone groups is 1. The largest absolute Gasteiger partial charge is 0.423 e. The molecule has 0 aliphatic heterocycles. The number of sulfonamides is 1. The minimum atomic E-state index is -3.78. The molecule has 0 atom stereocenters. The smallest absolute Gasteiger partial charge is 0.343 e. The normalized spacial score (nSPS) is 11.3. The van der Waals surface area contributed by atoms with Gasteiger partial charge in [-0.05, 0) is 60.2 Å². The zero-order chi connectivity index (χ0) is 24.7. The first-order valence-electron chi connectivity index (χ1n) is 9.75. The van der Waals surface area contributed by atoms with Gasteiger partial charge in [-0.2, -0.15) is 5.10 Å². The van der Waals surface area contributed by atoms with E-state index in [-0.39, 0.29) is 15.7 Å². The van der Waals surface area contributed by atoms with E-state index in [1.807, 2.05) is 0 Å². The van der Waals surface area contributed by atoms with Gasteiger partial charge >= 0.3 is 5.97 Å². The molecule has 3 aromatic carbocycles. The Morgan fingerprint density at radius 3 is 2.29 bits per heavy atom. The van der Waals surface area contributed by atoms with E-state index in [2.05, 4.69) is 10.5 Å². The Bertz CT molecular complexity index is 1310. The SMILES string of the molecule is CS(=O)(=O)N(CC(=O)N/N=C\c1ccc(OC(=O)c2ccccc2)cc1)c1ccc(Cl)c(Cl)c1. The molecule has 3 rings (SSSR count). The lowest BCUT2D eigenvalue weighted by atomic mass is 10.2. The Morgan fingerprint density at radius 2 is 1.68 bits per heavy atom. The zero-order valence-corrected chi connectivity index (χ0v) is 20.1. The van der Waals surface area contributed by atoms with Crippen LogP contribution in [0.1, 0.15) is 15.9 Å². The van der Waals surface area contributed by atoms with Crippen LogP contribution in [0.4, 0.5) is 5.69 Å². The van der Waals surface area contributed by atoms with Gasteiger partial charge < -0.3 is 4.74 Å². The molecule has 34 heavy (non-hydrogen) atoms. The van der Waals surface area contributed by atoms with Crippen molar-refractivity contribution in [3.05, 3.63) is 94.0 Å². The third-order valence-electron chi connectivity index (χ3n) is 4.38. The van der Waals surface area contributed by atoms with E-state index in [0.29, 0.717) is 16.9 Å². The van der Waals surface area contributed by atoms with E-state index < -0.39 is 28.4 Å². The third kappa shape index (κ3) is 7.05. The molecule has 8 nitrogen and oxygen atoms in total. The summed E-state index contributed by atoms with van der Waals surface area (Å²) in [5, 5.41) is 4.25. The van der Waals surface area contributed by atoms with Crippen molar-refractivity contribution < 1.29 is 22.7 Å². The lowest BCUT2D eigenvalue weighted by molar-refractivity contribution is -0.119. The Labute approximate surface area is 206 Å². The van der Waals surface area contributed by atoms with Gasteiger partial charge in [0.15, 0.2) is 0 Å². The Hall–Kier alpha value is -3.40. The van der Waals surface area contributed by atoms with Crippen LogP contribution in [-0.4, -0.2) is 39.3 Å². The second-order valence-corrected chi connectivity index (χ2v) is 9.71. The first-order chi connectivity index (χ1) is 16.1. The van der Waals surface area contributed by atoms with E-state index in [9.17, 15) is 18.0 Å². The second-order valence-electron chi connectivity index (χ2n) is 6.99. The molecule has 0 aliphatic carbocycles. The van der Waals surface area contributed by atoms with Gasteiger partial charge in [0.05, 0.1) is 33.8 Å². The summed E-state index contributed by atoms with van der Waals surface area (Å²) >= 11 is 11.8. The van der Waals surface area contributed by atoms with E-state index in [1.165, 1.54) is 24.4 Å². The van der Waals surface area contributed by atoms with Crippen LogP contribution in [0.25, 0.3) is 0 Å². The number of ether oxygens (including phenoxy) is 1. The van der Waals surface area contributed by atoms with Crippen LogP contribution in [0.2, 0.25) is 10.0 Å². The molecule has 0 heterocycles. The maximum Gasteiger partial charge on any atom is 0.343 e. The number of rotatable bonds is 8. The maximum atomic E-state index is 12.3. The molecular weight excluding hydrogens is 501 g/mol. The lowest BCUT2D eigenvalue weighted by Gasteiger charge is -2.21. The molecule has 0 spiro atoms. The molecule has 0 saturated heterocycles. The van der Waals surface area contributed by atoms with Gasteiger partial charge in [-0.1, -0.05) is 41.4 Å². The average molecular weight is 520 g/mol. The molecular formula is C23H19Cl2N3O5S. The lowest BCUT2D eigenvalue weighted by Crippen LogP contribution is -2.39. The molecule has 11 heteroatoms. The number of carbonyl (C=O) groups is 2. The van der Waals surface area contributed by atoms with E-state index >= 15 is 0 Å². The van der Waals surface area contributed by atoms with E-state index in [0.717, 1.165) is 10.6 Å². The summed E-state index contributed by atoms with van der Waals surface area (Å²) in [5.41, 5.74) is 3.51. The number of carbonyl (C=O) groups excluding carboxylic acids is 2. The average Bonchev–Trinajstić information content (AvgIpc) is 2.80. The van der Waals surface area contributed by atoms with Gasteiger partial charge in [-0.25, -0.2) is 18.6 Å². The highest BCUT2D eigenvalue weighted by atomic mass is 35.5. The van der Waals surface area contributed by atoms with Gasteiger partial charge in [0.1, 0.15) is 12.3 Å². The van der Waals surface area contributed by atoms with Crippen molar-refractivity contribution in [3.63, 3.8) is 0 Å². The molecule has 176 valence electrons. The maximum absolute atomic E-state index is 12.3. The number of benzene rings is 3. The van der Waals surface area contributed by atoms with Crippen LogP contribution in [0.5, 0.6) is 5.75 Å². The second kappa shape index (κ2) is 11.1. The molecule has 0 radical (unpaired) electrons. The number of nitrogens with zero attached hydrogens (tertiary/aromatic N) is 2. The summed E-state index contributed by atoms with van der Waals surface area (Å²) in [7, 11) is -3.78. The monoisotopic (exact) mass is 519 g/mol. The highest BCUT2D eigenvalue weighted by Crippen LogP contribution is 2.28. The molecule has 0 fully saturated rings. The van der Waals surface area contributed by atoms with Gasteiger partial charge in [-0.3, -0.25) is 9.10 Å². The number of halogens is 2. The van der Waals surface area contributed by atoms with Crippen molar-refractivity contribution in [1.29, 1.82) is 0 Å². The molecule has 3 aromatic rings. The van der Waals surface area contributed by atoms with Crippen molar-refractivity contribution in [2.24, 2.45) is 5.10 Å². The Balaban J connectivity index is 1.59. The number of esters is 1. The first kappa shape index (κ1) is 25.2. The summed E-state index contributed by atoms with van der Waals surface area (Å²) in [4.78, 5) is 24.4. The van der Waals surface area contributed by atoms with Crippen LogP contribution in [-0.2, 0) is 14.8 Å². The van der Waals surface area contributed by atoms with Crippen molar-refractivity contribution in [1.82, 2.24) is 5.43 Å². The zero-order valence-electron chi connectivity index (χ0n) is 17.8. The minimum absolute atomic E-state index is 0.157. The minimum Gasteiger partial charge on any atom is -0.423 e. The molecule has 1 N–H and O–H groups in total. The van der Waals surface area contributed by atoms with Gasteiger partial charge in [0.25, 0.3) is 5.91 Å². The fourth-order valence-corrected chi connectivity index (χ4v) is 3.89. The molecule has 1 amide bonds. The molecule has 0 unspecified atom stereocenters. The van der Waals surface area contributed by atoms with Crippen LogP contribution < -0.4 is 14.5 Å². The molecule has 0 aromatic heterocycles. The topological polar surface area (TPSA) is 105 Å². The number of hydrogen-bond donors (Lipinski definition) is 1. The van der Waals surface area contributed by atoms with Crippen LogP contribution in [0.15, 0.2) is 77.9 Å². The Morgan fingerprint density at radius 1 is 1.00 bits per heavy atom. The predicted octanol–water partition coefficient (Wildman–Crippen LogP) is 4.13. The highest BCUT2D eigenvalue weighted by Gasteiger charge is 2.21. The van der Waals surface area contributed by atoms with Crippen molar-refractivity contribution >= 4 is 57.0 Å². The molecule has 0 aliphatic rings. The number of anilines is 1. The van der Waals surface area contributed by atoms with Gasteiger partial charge in [0, 0.05) is 0 Å². The summed E-state index contributed by atoms with van der Waals surface area (Å²) < 4.78 is 30.5.